The molecule has 0 spiro atoms. The second-order valence-corrected chi connectivity index (χ2v) is 7.16. The van der Waals surface area contributed by atoms with Crippen LogP contribution in [0.25, 0.3) is 11.0 Å². The molecule has 1 saturated heterocycles. The lowest BCUT2D eigenvalue weighted by molar-refractivity contribution is 0.0535. The zero-order valence-electron chi connectivity index (χ0n) is 14.3. The first kappa shape index (κ1) is 17.8. The number of amides is 2. The van der Waals surface area contributed by atoms with Crippen molar-refractivity contribution < 1.29 is 9.59 Å². The number of H-pyrrole nitrogens is 1. The van der Waals surface area contributed by atoms with Gasteiger partial charge in [-0.15, -0.1) is 0 Å². The van der Waals surface area contributed by atoms with Gasteiger partial charge in [0.25, 0.3) is 11.8 Å². The van der Waals surface area contributed by atoms with Gasteiger partial charge in [-0.1, -0.05) is 23.2 Å². The number of piperazine rings is 1. The molecule has 0 bridgehead atoms. The Morgan fingerprint density at radius 1 is 0.852 bits per heavy atom. The lowest BCUT2D eigenvalue weighted by Gasteiger charge is -2.35. The Morgan fingerprint density at radius 2 is 1.44 bits per heavy atom. The largest absolute Gasteiger partial charge is 0.345 e. The number of hydrogen-bond acceptors (Lipinski definition) is 3. The molecule has 0 radical (unpaired) electrons. The number of fused-ring (bicyclic) bond motifs is 1. The molecule has 6 nitrogen and oxygen atoms in total. The van der Waals surface area contributed by atoms with Gasteiger partial charge in [0.2, 0.25) is 0 Å². The molecule has 1 fully saturated rings. The van der Waals surface area contributed by atoms with Gasteiger partial charge in [0.15, 0.2) is 0 Å². The van der Waals surface area contributed by atoms with E-state index < -0.39 is 0 Å². The number of carbonyl (C=O) groups excluding carboxylic acids is 2. The van der Waals surface area contributed by atoms with Gasteiger partial charge in [0, 0.05) is 37.3 Å². The molecule has 4 rings (SSSR count). The molecule has 0 atom stereocenters. The molecule has 8 heteroatoms. The second-order valence-electron chi connectivity index (χ2n) is 6.35. The fourth-order valence-corrected chi connectivity index (χ4v) is 3.47. The van der Waals surface area contributed by atoms with E-state index in [0.717, 1.165) is 11.0 Å². The summed E-state index contributed by atoms with van der Waals surface area (Å²) in [5, 5.41) is 0.767. The number of aromatic amines is 1. The van der Waals surface area contributed by atoms with Crippen molar-refractivity contribution in [1.82, 2.24) is 19.8 Å². The third kappa shape index (κ3) is 3.50. The van der Waals surface area contributed by atoms with Crippen LogP contribution in [-0.4, -0.2) is 57.8 Å². The highest BCUT2D eigenvalue weighted by atomic mass is 35.5. The molecule has 27 heavy (non-hydrogen) atoms. The standard InChI is InChI=1S/C19H16Cl2N4O2/c20-14-3-1-12(9-15(14)21)18(26)24-5-7-25(8-6-24)19(27)13-2-4-16-17(10-13)23-11-22-16/h1-4,9-11H,5-8H2,(H,22,23). The summed E-state index contributed by atoms with van der Waals surface area (Å²) in [6.07, 6.45) is 1.60. The summed E-state index contributed by atoms with van der Waals surface area (Å²) in [6, 6.07) is 10.2. The van der Waals surface area contributed by atoms with E-state index in [-0.39, 0.29) is 11.8 Å². The molecule has 2 heterocycles. The predicted octanol–water partition coefficient (Wildman–Crippen LogP) is 3.47. The summed E-state index contributed by atoms with van der Waals surface area (Å²) in [5.41, 5.74) is 2.75. The quantitative estimate of drug-likeness (QED) is 0.713. The number of rotatable bonds is 2. The summed E-state index contributed by atoms with van der Waals surface area (Å²) in [5.74, 6) is -0.160. The van der Waals surface area contributed by atoms with Crippen molar-refractivity contribution in [2.24, 2.45) is 0 Å². The summed E-state index contributed by atoms with van der Waals surface area (Å²) < 4.78 is 0. The fourth-order valence-electron chi connectivity index (χ4n) is 3.18. The fraction of sp³-hybridized carbons (Fsp3) is 0.211. The van der Waals surface area contributed by atoms with Crippen molar-refractivity contribution in [3.63, 3.8) is 0 Å². The van der Waals surface area contributed by atoms with Crippen LogP contribution in [0.1, 0.15) is 20.7 Å². The number of hydrogen-bond donors (Lipinski definition) is 1. The number of halogens is 2. The average molecular weight is 403 g/mol. The molecule has 1 aliphatic rings. The second kappa shape index (κ2) is 7.21. The topological polar surface area (TPSA) is 69.3 Å². The van der Waals surface area contributed by atoms with E-state index in [1.807, 2.05) is 6.07 Å². The Morgan fingerprint density at radius 3 is 2.07 bits per heavy atom. The van der Waals surface area contributed by atoms with E-state index >= 15 is 0 Å². The maximum atomic E-state index is 12.8. The van der Waals surface area contributed by atoms with Crippen molar-refractivity contribution in [2.75, 3.05) is 26.2 Å². The van der Waals surface area contributed by atoms with E-state index in [1.165, 1.54) is 0 Å². The summed E-state index contributed by atoms with van der Waals surface area (Å²) in [4.78, 5) is 36.0. The monoisotopic (exact) mass is 402 g/mol. The van der Waals surface area contributed by atoms with Crippen LogP contribution >= 0.6 is 23.2 Å². The number of nitrogens with one attached hydrogen (secondary N) is 1. The third-order valence-electron chi connectivity index (χ3n) is 4.69. The Kier molecular flexibility index (Phi) is 4.76. The van der Waals surface area contributed by atoms with E-state index in [2.05, 4.69) is 9.97 Å². The zero-order chi connectivity index (χ0) is 19.0. The molecule has 1 aliphatic heterocycles. The molecular weight excluding hydrogens is 387 g/mol. The first-order chi connectivity index (χ1) is 13.0. The average Bonchev–Trinajstić information content (AvgIpc) is 3.17. The lowest BCUT2D eigenvalue weighted by atomic mass is 10.1. The first-order valence-corrected chi connectivity index (χ1v) is 9.25. The number of carbonyl (C=O) groups is 2. The van der Waals surface area contributed by atoms with E-state index in [0.29, 0.717) is 47.4 Å². The normalized spacial score (nSPS) is 14.6. The number of imidazole rings is 1. The number of aromatic nitrogens is 2. The molecule has 0 saturated carbocycles. The van der Waals surface area contributed by atoms with Gasteiger partial charge in [0.1, 0.15) is 0 Å². The molecule has 1 aromatic heterocycles. The van der Waals surface area contributed by atoms with Crippen molar-refractivity contribution in [3.05, 3.63) is 63.9 Å². The van der Waals surface area contributed by atoms with Crippen molar-refractivity contribution in [3.8, 4) is 0 Å². The predicted molar refractivity (Wildman–Crippen MR) is 104 cm³/mol. The van der Waals surface area contributed by atoms with E-state index in [4.69, 9.17) is 23.2 Å². The summed E-state index contributed by atoms with van der Waals surface area (Å²) in [6.45, 7) is 1.90. The van der Waals surface area contributed by atoms with Crippen LogP contribution in [0.2, 0.25) is 10.0 Å². The Balaban J connectivity index is 1.42. The van der Waals surface area contributed by atoms with Crippen LogP contribution in [0.3, 0.4) is 0 Å². The zero-order valence-corrected chi connectivity index (χ0v) is 15.8. The first-order valence-electron chi connectivity index (χ1n) is 8.49. The van der Waals surface area contributed by atoms with Gasteiger partial charge in [-0.25, -0.2) is 4.98 Å². The van der Waals surface area contributed by atoms with Crippen LogP contribution in [0.5, 0.6) is 0 Å². The molecule has 2 aromatic carbocycles. The summed E-state index contributed by atoms with van der Waals surface area (Å²) in [7, 11) is 0. The van der Waals surface area contributed by atoms with Crippen LogP contribution < -0.4 is 0 Å². The number of benzene rings is 2. The van der Waals surface area contributed by atoms with Gasteiger partial charge in [0.05, 0.1) is 27.4 Å². The van der Waals surface area contributed by atoms with Gasteiger partial charge in [-0.3, -0.25) is 9.59 Å². The highest BCUT2D eigenvalue weighted by molar-refractivity contribution is 6.42. The van der Waals surface area contributed by atoms with Crippen molar-refractivity contribution in [2.45, 2.75) is 0 Å². The maximum absolute atomic E-state index is 12.8. The van der Waals surface area contributed by atoms with Gasteiger partial charge in [-0.2, -0.15) is 0 Å². The minimum absolute atomic E-state index is 0.0480. The lowest BCUT2D eigenvalue weighted by Crippen LogP contribution is -2.50. The van der Waals surface area contributed by atoms with Gasteiger partial charge in [-0.05, 0) is 36.4 Å². The minimum atomic E-state index is -0.112. The molecular formula is C19H16Cl2N4O2. The Bertz CT molecular complexity index is 1030. The van der Waals surface area contributed by atoms with Crippen molar-refractivity contribution in [1.29, 1.82) is 0 Å². The Hall–Kier alpha value is -2.57. The van der Waals surface area contributed by atoms with E-state index in [1.54, 1.807) is 46.5 Å². The molecule has 138 valence electrons. The molecule has 0 unspecified atom stereocenters. The third-order valence-corrected chi connectivity index (χ3v) is 5.43. The molecule has 2 amide bonds. The summed E-state index contributed by atoms with van der Waals surface area (Å²) >= 11 is 11.9. The highest BCUT2D eigenvalue weighted by Gasteiger charge is 2.26. The molecule has 1 N–H and O–H groups in total. The van der Waals surface area contributed by atoms with Crippen LogP contribution in [-0.2, 0) is 0 Å². The van der Waals surface area contributed by atoms with E-state index in [9.17, 15) is 9.59 Å². The maximum Gasteiger partial charge on any atom is 0.254 e. The molecule has 3 aromatic rings. The van der Waals surface area contributed by atoms with Crippen LogP contribution in [0.15, 0.2) is 42.7 Å². The smallest absolute Gasteiger partial charge is 0.254 e. The minimum Gasteiger partial charge on any atom is -0.345 e. The SMILES string of the molecule is O=C(c1ccc(Cl)c(Cl)c1)N1CCN(C(=O)c2ccc3nc[nH]c3c2)CC1. The van der Waals surface area contributed by atoms with Crippen molar-refractivity contribution >= 4 is 46.0 Å². The van der Waals surface area contributed by atoms with Crippen LogP contribution in [0.4, 0.5) is 0 Å². The van der Waals surface area contributed by atoms with Crippen LogP contribution in [0, 0.1) is 0 Å². The van der Waals surface area contributed by atoms with Gasteiger partial charge >= 0.3 is 0 Å². The number of nitrogens with zero attached hydrogens (tertiary/aromatic N) is 3. The Labute approximate surface area is 165 Å². The van der Waals surface area contributed by atoms with Gasteiger partial charge < -0.3 is 14.8 Å². The molecule has 0 aliphatic carbocycles. The highest BCUT2D eigenvalue weighted by Crippen LogP contribution is 2.23.